The van der Waals surface area contributed by atoms with Crippen LogP contribution in [-0.4, -0.2) is 9.78 Å². The molecule has 3 N–H and O–H groups in total. The van der Waals surface area contributed by atoms with Gasteiger partial charge in [0, 0.05) is 25.2 Å². The third-order valence-corrected chi connectivity index (χ3v) is 2.96. The summed E-state index contributed by atoms with van der Waals surface area (Å²) in [6.07, 6.45) is 0. The first kappa shape index (κ1) is 9.57. The van der Waals surface area contributed by atoms with E-state index in [1.54, 1.807) is 0 Å². The maximum atomic E-state index is 5.71. The minimum absolute atomic E-state index is 0.504. The summed E-state index contributed by atoms with van der Waals surface area (Å²) in [4.78, 5) is 0. The van der Waals surface area contributed by atoms with Crippen LogP contribution in [0.4, 0.5) is 0 Å². The highest BCUT2D eigenvalue weighted by Crippen LogP contribution is 2.22. The lowest BCUT2D eigenvalue weighted by Gasteiger charge is -2.04. The van der Waals surface area contributed by atoms with Gasteiger partial charge in [-0.1, -0.05) is 18.2 Å². The zero-order valence-corrected chi connectivity index (χ0v) is 8.98. The Morgan fingerprint density at radius 1 is 1.25 bits per heavy atom. The summed E-state index contributed by atoms with van der Waals surface area (Å²) in [6.45, 7) is 2.26. The largest absolute Gasteiger partial charge is 0.325 e. The van der Waals surface area contributed by atoms with Gasteiger partial charge >= 0.3 is 0 Å². The number of nitrogens with two attached hydrogens (primary N) is 1. The molecule has 1 aromatic heterocycles. The summed E-state index contributed by atoms with van der Waals surface area (Å²) >= 11 is 0. The third kappa shape index (κ3) is 1.35. The Bertz CT molecular complexity index is 501. The number of fused-ring (bicyclic) bond motifs is 1. The van der Waals surface area contributed by atoms with Gasteiger partial charge in [-0.3, -0.25) is 0 Å². The van der Waals surface area contributed by atoms with Gasteiger partial charge in [-0.25, -0.2) is 4.68 Å². The summed E-state index contributed by atoms with van der Waals surface area (Å²) in [7, 11) is 0. The van der Waals surface area contributed by atoms with E-state index in [2.05, 4.69) is 22.5 Å². The number of benzene rings is 1. The number of hydrogen-bond donors (Lipinski definition) is 2. The zero-order chi connectivity index (χ0) is 11.0. The molecule has 82 valence electrons. The van der Waals surface area contributed by atoms with E-state index in [9.17, 15) is 0 Å². The van der Waals surface area contributed by atoms with E-state index in [4.69, 9.17) is 5.73 Å². The van der Waals surface area contributed by atoms with Crippen molar-refractivity contribution in [2.75, 3.05) is 0 Å². The Morgan fingerprint density at radius 3 is 2.81 bits per heavy atom. The smallest absolute Gasteiger partial charge is 0.0813 e. The van der Waals surface area contributed by atoms with Crippen LogP contribution in [0.1, 0.15) is 17.0 Å². The molecule has 0 spiro atoms. The maximum absolute atomic E-state index is 5.71. The monoisotopic (exact) mass is 214 g/mol. The van der Waals surface area contributed by atoms with Gasteiger partial charge in [0.15, 0.2) is 0 Å². The molecule has 0 amide bonds. The quantitative estimate of drug-likeness (QED) is 0.782. The molecule has 2 aromatic rings. The van der Waals surface area contributed by atoms with Crippen molar-refractivity contribution in [3.63, 3.8) is 0 Å². The van der Waals surface area contributed by atoms with Crippen molar-refractivity contribution in [3.05, 3.63) is 47.3 Å². The van der Waals surface area contributed by atoms with Gasteiger partial charge in [-0.2, -0.15) is 5.10 Å². The van der Waals surface area contributed by atoms with Gasteiger partial charge in [0.2, 0.25) is 0 Å². The van der Waals surface area contributed by atoms with E-state index in [0.29, 0.717) is 6.54 Å². The number of hydrogen-bond acceptors (Lipinski definition) is 3. The second-order valence-electron chi connectivity index (χ2n) is 3.93. The fourth-order valence-corrected chi connectivity index (χ4v) is 2.17. The predicted octanol–water partition coefficient (Wildman–Crippen LogP) is 0.934. The third-order valence-electron chi connectivity index (χ3n) is 2.96. The van der Waals surface area contributed by atoms with E-state index >= 15 is 0 Å². The van der Waals surface area contributed by atoms with Crippen LogP contribution in [0.15, 0.2) is 30.3 Å². The van der Waals surface area contributed by atoms with E-state index in [-0.39, 0.29) is 0 Å². The molecule has 0 saturated heterocycles. The molecule has 0 bridgehead atoms. The number of nitrogens with one attached hydrogen (secondary N) is 1. The van der Waals surface area contributed by atoms with Crippen molar-refractivity contribution in [1.82, 2.24) is 15.1 Å². The van der Waals surface area contributed by atoms with Crippen molar-refractivity contribution >= 4 is 0 Å². The van der Waals surface area contributed by atoms with Gasteiger partial charge in [0.05, 0.1) is 17.1 Å². The summed E-state index contributed by atoms with van der Waals surface area (Å²) < 4.78 is 2.00. The second kappa shape index (κ2) is 3.73. The molecule has 3 rings (SSSR count). The summed E-state index contributed by atoms with van der Waals surface area (Å²) in [5.74, 6) is 0. The van der Waals surface area contributed by atoms with Crippen molar-refractivity contribution in [2.24, 2.45) is 5.73 Å². The first-order valence-electron chi connectivity index (χ1n) is 5.46. The average Bonchev–Trinajstić information content (AvgIpc) is 2.91. The molecule has 4 heteroatoms. The van der Waals surface area contributed by atoms with Crippen LogP contribution in [0.2, 0.25) is 0 Å². The predicted molar refractivity (Wildman–Crippen MR) is 62.0 cm³/mol. The molecule has 0 unspecified atom stereocenters. The SMILES string of the molecule is NCc1nn(-c2ccccc2)c2c1CNC2. The molecule has 4 nitrogen and oxygen atoms in total. The lowest BCUT2D eigenvalue weighted by atomic mass is 10.2. The molecular weight excluding hydrogens is 200 g/mol. The Morgan fingerprint density at radius 2 is 2.06 bits per heavy atom. The minimum atomic E-state index is 0.504. The fraction of sp³-hybridized carbons (Fsp3) is 0.250. The molecule has 0 radical (unpaired) electrons. The summed E-state index contributed by atoms with van der Waals surface area (Å²) in [5, 5.41) is 7.91. The van der Waals surface area contributed by atoms with Crippen molar-refractivity contribution in [2.45, 2.75) is 19.6 Å². The van der Waals surface area contributed by atoms with Gasteiger partial charge in [0.1, 0.15) is 0 Å². The molecular formula is C12H14N4. The second-order valence-corrected chi connectivity index (χ2v) is 3.93. The van der Waals surface area contributed by atoms with Crippen LogP contribution in [0.25, 0.3) is 5.69 Å². The highest BCUT2D eigenvalue weighted by molar-refractivity contribution is 5.39. The topological polar surface area (TPSA) is 55.9 Å². The van der Waals surface area contributed by atoms with Gasteiger partial charge in [0.25, 0.3) is 0 Å². The number of aromatic nitrogens is 2. The Labute approximate surface area is 94.1 Å². The van der Waals surface area contributed by atoms with E-state index < -0.39 is 0 Å². The molecule has 0 fully saturated rings. The van der Waals surface area contributed by atoms with Crippen molar-refractivity contribution < 1.29 is 0 Å². The van der Waals surface area contributed by atoms with Gasteiger partial charge in [-0.15, -0.1) is 0 Å². The molecule has 16 heavy (non-hydrogen) atoms. The highest BCUT2D eigenvalue weighted by Gasteiger charge is 2.21. The van der Waals surface area contributed by atoms with E-state index in [0.717, 1.165) is 24.5 Å². The molecule has 0 aliphatic carbocycles. The fourth-order valence-electron chi connectivity index (χ4n) is 2.17. The van der Waals surface area contributed by atoms with Crippen LogP contribution >= 0.6 is 0 Å². The molecule has 0 saturated carbocycles. The number of para-hydroxylation sites is 1. The van der Waals surface area contributed by atoms with Crippen molar-refractivity contribution in [1.29, 1.82) is 0 Å². The summed E-state index contributed by atoms with van der Waals surface area (Å²) in [6, 6.07) is 10.2. The average molecular weight is 214 g/mol. The zero-order valence-electron chi connectivity index (χ0n) is 8.98. The lowest BCUT2D eigenvalue weighted by Crippen LogP contribution is -2.09. The maximum Gasteiger partial charge on any atom is 0.0813 e. The Hall–Kier alpha value is -1.65. The normalized spacial score (nSPS) is 14.1. The Kier molecular flexibility index (Phi) is 2.23. The number of nitrogens with zero attached hydrogens (tertiary/aromatic N) is 2. The molecule has 2 heterocycles. The van der Waals surface area contributed by atoms with Crippen LogP contribution in [0, 0.1) is 0 Å². The van der Waals surface area contributed by atoms with Crippen LogP contribution in [-0.2, 0) is 19.6 Å². The van der Waals surface area contributed by atoms with Crippen LogP contribution in [0.3, 0.4) is 0 Å². The Balaban J connectivity index is 2.15. The van der Waals surface area contributed by atoms with Crippen molar-refractivity contribution in [3.8, 4) is 5.69 Å². The van der Waals surface area contributed by atoms with Crippen LogP contribution < -0.4 is 11.1 Å². The van der Waals surface area contributed by atoms with Crippen LogP contribution in [0.5, 0.6) is 0 Å². The lowest BCUT2D eigenvalue weighted by molar-refractivity contribution is 0.697. The highest BCUT2D eigenvalue weighted by atomic mass is 15.3. The van der Waals surface area contributed by atoms with Gasteiger partial charge < -0.3 is 11.1 Å². The molecule has 1 aliphatic heterocycles. The first-order valence-corrected chi connectivity index (χ1v) is 5.46. The van der Waals surface area contributed by atoms with Gasteiger partial charge in [-0.05, 0) is 12.1 Å². The standard InChI is InChI=1S/C12H14N4/c13-6-11-10-7-14-8-12(10)16(15-11)9-4-2-1-3-5-9/h1-5,14H,6-8,13H2. The molecule has 0 atom stereocenters. The number of rotatable bonds is 2. The first-order chi connectivity index (χ1) is 7.90. The van der Waals surface area contributed by atoms with E-state index in [1.807, 2.05) is 22.9 Å². The minimum Gasteiger partial charge on any atom is -0.325 e. The molecule has 1 aromatic carbocycles. The van der Waals surface area contributed by atoms with E-state index in [1.165, 1.54) is 11.3 Å². The molecule has 1 aliphatic rings. The summed E-state index contributed by atoms with van der Waals surface area (Å²) in [5.41, 5.74) is 10.3.